The molecular formula is C69H114O6. The Morgan fingerprint density at radius 3 is 0.827 bits per heavy atom. The van der Waals surface area contributed by atoms with Gasteiger partial charge in [0.05, 0.1) is 0 Å². The lowest BCUT2D eigenvalue weighted by Crippen LogP contribution is -2.30. The van der Waals surface area contributed by atoms with Crippen molar-refractivity contribution in [1.29, 1.82) is 0 Å². The molecule has 0 spiro atoms. The van der Waals surface area contributed by atoms with E-state index in [0.29, 0.717) is 19.3 Å². The molecular weight excluding hydrogens is 925 g/mol. The van der Waals surface area contributed by atoms with Crippen LogP contribution in [0.1, 0.15) is 278 Å². The molecule has 75 heavy (non-hydrogen) atoms. The lowest BCUT2D eigenvalue weighted by molar-refractivity contribution is -0.167. The van der Waals surface area contributed by atoms with E-state index in [1.165, 1.54) is 96.3 Å². The van der Waals surface area contributed by atoms with Crippen LogP contribution in [0.15, 0.2) is 122 Å². The number of hydrogen-bond acceptors (Lipinski definition) is 6. The van der Waals surface area contributed by atoms with Crippen molar-refractivity contribution in [1.82, 2.24) is 0 Å². The van der Waals surface area contributed by atoms with Gasteiger partial charge in [0.15, 0.2) is 6.10 Å². The van der Waals surface area contributed by atoms with E-state index >= 15 is 0 Å². The molecule has 0 saturated heterocycles. The van der Waals surface area contributed by atoms with Gasteiger partial charge < -0.3 is 14.2 Å². The van der Waals surface area contributed by atoms with Gasteiger partial charge in [0.2, 0.25) is 0 Å². The first-order chi connectivity index (χ1) is 37.0. The summed E-state index contributed by atoms with van der Waals surface area (Å²) >= 11 is 0. The van der Waals surface area contributed by atoms with Crippen LogP contribution in [0.4, 0.5) is 0 Å². The molecule has 1 atom stereocenters. The van der Waals surface area contributed by atoms with Crippen molar-refractivity contribution in [3.8, 4) is 0 Å². The monoisotopic (exact) mass is 1040 g/mol. The third-order valence-corrected chi connectivity index (χ3v) is 12.9. The number of carbonyl (C=O) groups is 3. The zero-order valence-electron chi connectivity index (χ0n) is 48.8. The van der Waals surface area contributed by atoms with Gasteiger partial charge in [-0.1, -0.05) is 245 Å². The van der Waals surface area contributed by atoms with E-state index in [1.54, 1.807) is 0 Å². The zero-order valence-corrected chi connectivity index (χ0v) is 48.8. The topological polar surface area (TPSA) is 78.9 Å². The minimum Gasteiger partial charge on any atom is -0.462 e. The molecule has 0 N–H and O–H groups in total. The number of allylic oxidation sites excluding steroid dienone is 20. The Kier molecular flexibility index (Phi) is 58.9. The number of hydrogen-bond donors (Lipinski definition) is 0. The van der Waals surface area contributed by atoms with Gasteiger partial charge in [-0.05, 0) is 135 Å². The average Bonchev–Trinajstić information content (AvgIpc) is 3.41. The van der Waals surface area contributed by atoms with Gasteiger partial charge in [-0.15, -0.1) is 0 Å². The molecule has 0 rings (SSSR count). The van der Waals surface area contributed by atoms with Crippen molar-refractivity contribution in [3.05, 3.63) is 122 Å². The lowest BCUT2D eigenvalue weighted by atomic mass is 10.1. The van der Waals surface area contributed by atoms with Crippen molar-refractivity contribution in [2.75, 3.05) is 13.2 Å². The fourth-order valence-corrected chi connectivity index (χ4v) is 8.27. The Morgan fingerprint density at radius 1 is 0.280 bits per heavy atom. The molecule has 0 heterocycles. The average molecular weight is 1040 g/mol. The number of carbonyl (C=O) groups excluding carboxylic acids is 3. The van der Waals surface area contributed by atoms with Crippen molar-refractivity contribution in [2.24, 2.45) is 0 Å². The summed E-state index contributed by atoms with van der Waals surface area (Å²) < 4.78 is 16.8. The smallest absolute Gasteiger partial charge is 0.306 e. The van der Waals surface area contributed by atoms with Crippen LogP contribution in [-0.4, -0.2) is 37.2 Å². The minimum absolute atomic E-state index is 0.0916. The second-order valence-electron chi connectivity index (χ2n) is 20.2. The summed E-state index contributed by atoms with van der Waals surface area (Å²) in [6.07, 6.45) is 86.3. The normalized spacial score (nSPS) is 12.9. The largest absolute Gasteiger partial charge is 0.462 e. The summed E-state index contributed by atoms with van der Waals surface area (Å²) in [5, 5.41) is 0. The third kappa shape index (κ3) is 60.6. The van der Waals surface area contributed by atoms with E-state index in [4.69, 9.17) is 14.2 Å². The number of rotatable bonds is 55. The molecule has 0 bridgehead atoms. The molecule has 0 saturated carbocycles. The third-order valence-electron chi connectivity index (χ3n) is 12.9. The molecule has 6 heteroatoms. The number of esters is 3. The number of unbranched alkanes of at least 4 members (excludes halogenated alkanes) is 24. The Balaban J connectivity index is 4.30. The zero-order chi connectivity index (χ0) is 54.3. The Labute approximate surface area is 462 Å². The molecule has 0 aliphatic heterocycles. The van der Waals surface area contributed by atoms with Crippen molar-refractivity contribution >= 4 is 17.9 Å². The molecule has 0 aromatic rings. The summed E-state index contributed by atoms with van der Waals surface area (Å²) in [5.41, 5.74) is 0. The van der Waals surface area contributed by atoms with E-state index in [9.17, 15) is 14.4 Å². The van der Waals surface area contributed by atoms with Gasteiger partial charge in [0, 0.05) is 19.3 Å². The summed E-state index contributed by atoms with van der Waals surface area (Å²) in [4.78, 5) is 38.2. The highest BCUT2D eigenvalue weighted by atomic mass is 16.6. The maximum atomic E-state index is 12.8. The molecule has 6 nitrogen and oxygen atoms in total. The second-order valence-corrected chi connectivity index (χ2v) is 20.2. The molecule has 1 unspecified atom stereocenters. The van der Waals surface area contributed by atoms with E-state index in [1.807, 2.05) is 0 Å². The van der Waals surface area contributed by atoms with Crippen molar-refractivity contribution in [3.63, 3.8) is 0 Å². The van der Waals surface area contributed by atoms with Crippen LogP contribution >= 0.6 is 0 Å². The summed E-state index contributed by atoms with van der Waals surface area (Å²) in [6.45, 7) is 6.47. The summed E-state index contributed by atoms with van der Waals surface area (Å²) in [5.74, 6) is -0.923. The summed E-state index contributed by atoms with van der Waals surface area (Å²) in [7, 11) is 0. The molecule has 0 aromatic heterocycles. The van der Waals surface area contributed by atoms with Crippen LogP contribution in [0, 0.1) is 0 Å². The fourth-order valence-electron chi connectivity index (χ4n) is 8.27. The standard InChI is InChI=1S/C69H114O6/c1-4-7-10-13-16-19-22-25-26-27-28-29-30-31-32-33-34-35-36-37-38-39-40-41-42-45-47-50-53-56-59-62-68(71)74-65-66(75-69(72)63-60-57-54-51-48-44-24-21-18-15-12-9-6-3)64-73-67(70)61-58-55-52-49-46-43-23-20-17-14-11-8-5-2/h7,10,16,19-21,23-26,28-29,31-32,34-35,37-38,40-41,66H,4-6,8-9,11-15,17-18,22,27,30,33,36,39,42-65H2,1-3H3/b10-7-,19-16-,23-20-,24-21-,26-25-,29-28-,32-31-,35-34-,38-37-,41-40-. The SMILES string of the molecule is CC/C=C\C/C=C\C/C=C\C/C=C\C/C=C\C/C=C\C/C=C\C/C=C\CCCCCCCCC(=O)OCC(COC(=O)CCCCCCC/C=C\CCCCCC)OC(=O)CCCCCCC/C=C\CCCCCC. The first kappa shape index (κ1) is 70.8. The van der Waals surface area contributed by atoms with Crippen molar-refractivity contribution < 1.29 is 28.6 Å². The first-order valence-electron chi connectivity index (χ1n) is 31.0. The lowest BCUT2D eigenvalue weighted by Gasteiger charge is -2.18. The van der Waals surface area contributed by atoms with E-state index in [0.717, 1.165) is 141 Å². The van der Waals surface area contributed by atoms with Crippen LogP contribution in [0.25, 0.3) is 0 Å². The molecule has 0 aliphatic rings. The van der Waals surface area contributed by atoms with Gasteiger partial charge in [0.25, 0.3) is 0 Å². The van der Waals surface area contributed by atoms with Crippen LogP contribution in [0.3, 0.4) is 0 Å². The van der Waals surface area contributed by atoms with Gasteiger partial charge in [0.1, 0.15) is 13.2 Å². The Bertz CT molecular complexity index is 1570. The summed E-state index contributed by atoms with van der Waals surface area (Å²) in [6, 6.07) is 0. The minimum atomic E-state index is -0.794. The van der Waals surface area contributed by atoms with Gasteiger partial charge in [-0.2, -0.15) is 0 Å². The molecule has 0 aliphatic carbocycles. The molecule has 0 amide bonds. The molecule has 0 radical (unpaired) electrons. The van der Waals surface area contributed by atoms with E-state index < -0.39 is 6.10 Å². The highest BCUT2D eigenvalue weighted by molar-refractivity contribution is 5.71. The highest BCUT2D eigenvalue weighted by Crippen LogP contribution is 2.14. The molecule has 426 valence electrons. The predicted molar refractivity (Wildman–Crippen MR) is 325 cm³/mol. The van der Waals surface area contributed by atoms with Crippen LogP contribution in [-0.2, 0) is 28.6 Å². The highest BCUT2D eigenvalue weighted by Gasteiger charge is 2.19. The first-order valence-corrected chi connectivity index (χ1v) is 31.0. The Morgan fingerprint density at radius 2 is 0.520 bits per heavy atom. The van der Waals surface area contributed by atoms with E-state index in [-0.39, 0.29) is 31.1 Å². The van der Waals surface area contributed by atoms with Crippen LogP contribution in [0.5, 0.6) is 0 Å². The fraction of sp³-hybridized carbons (Fsp3) is 0.667. The number of ether oxygens (including phenoxy) is 3. The van der Waals surface area contributed by atoms with E-state index in [2.05, 4.69) is 142 Å². The van der Waals surface area contributed by atoms with Crippen LogP contribution in [0.2, 0.25) is 0 Å². The van der Waals surface area contributed by atoms with Gasteiger partial charge in [-0.25, -0.2) is 0 Å². The maximum absolute atomic E-state index is 12.8. The molecule has 0 fully saturated rings. The quantitative estimate of drug-likeness (QED) is 0.0261. The predicted octanol–water partition coefficient (Wildman–Crippen LogP) is 21.2. The second kappa shape index (κ2) is 62.4. The Hall–Kier alpha value is -4.19. The molecule has 0 aromatic carbocycles. The maximum Gasteiger partial charge on any atom is 0.306 e. The van der Waals surface area contributed by atoms with Gasteiger partial charge >= 0.3 is 17.9 Å². The van der Waals surface area contributed by atoms with Crippen molar-refractivity contribution in [2.45, 2.75) is 284 Å². The van der Waals surface area contributed by atoms with Gasteiger partial charge in [-0.3, -0.25) is 14.4 Å². The van der Waals surface area contributed by atoms with Crippen LogP contribution < -0.4 is 0 Å².